The minimum atomic E-state index is -0.399. The fourth-order valence-corrected chi connectivity index (χ4v) is 3.80. The number of hydrogen-bond acceptors (Lipinski definition) is 3. The molecule has 3 rings (SSSR count). The molecule has 0 unspecified atom stereocenters. The van der Waals surface area contributed by atoms with Gasteiger partial charge in [-0.3, -0.25) is 4.79 Å². The van der Waals surface area contributed by atoms with Gasteiger partial charge >= 0.3 is 5.91 Å². The van der Waals surface area contributed by atoms with Crippen LogP contribution in [0.15, 0.2) is 46.0 Å². The first-order valence-electron chi connectivity index (χ1n) is 7.29. The molecule has 0 saturated carbocycles. The largest absolute Gasteiger partial charge is 0.459 e. The predicted octanol–water partition coefficient (Wildman–Crippen LogP) is 5.19. The molecule has 4 nitrogen and oxygen atoms in total. The number of aryl methyl sites for hydroxylation is 1. The molecule has 0 atom stereocenters. The van der Waals surface area contributed by atoms with Gasteiger partial charge in [0.15, 0.2) is 10.6 Å². The molecule has 0 aliphatic heterocycles. The van der Waals surface area contributed by atoms with Crippen LogP contribution >= 0.6 is 34.5 Å². The maximum Gasteiger partial charge on any atom is 0.315 e. The van der Waals surface area contributed by atoms with E-state index in [9.17, 15) is 4.79 Å². The van der Waals surface area contributed by atoms with E-state index >= 15 is 0 Å². The van der Waals surface area contributed by atoms with E-state index in [0.717, 1.165) is 16.1 Å². The summed E-state index contributed by atoms with van der Waals surface area (Å²) in [6.45, 7) is 4.67. The first-order chi connectivity index (χ1) is 11.5. The molecular formula is C17H14Cl2N2O2S. The van der Waals surface area contributed by atoms with Gasteiger partial charge in [0.25, 0.3) is 0 Å². The Morgan fingerprint density at radius 1 is 1.29 bits per heavy atom. The summed E-state index contributed by atoms with van der Waals surface area (Å²) >= 11 is 13.6. The van der Waals surface area contributed by atoms with E-state index < -0.39 is 5.91 Å². The van der Waals surface area contributed by atoms with Crippen LogP contribution in [0.1, 0.15) is 22.4 Å². The van der Waals surface area contributed by atoms with Gasteiger partial charge in [0.2, 0.25) is 0 Å². The van der Waals surface area contributed by atoms with E-state index in [1.165, 1.54) is 17.6 Å². The zero-order chi connectivity index (χ0) is 17.3. The Morgan fingerprint density at radius 3 is 2.71 bits per heavy atom. The molecule has 0 spiro atoms. The van der Waals surface area contributed by atoms with Crippen LogP contribution in [0.2, 0.25) is 10.0 Å². The van der Waals surface area contributed by atoms with Crippen molar-refractivity contribution < 1.29 is 9.21 Å². The monoisotopic (exact) mass is 380 g/mol. The van der Waals surface area contributed by atoms with Gasteiger partial charge in [-0.15, -0.1) is 11.3 Å². The molecule has 0 N–H and O–H groups in total. The second kappa shape index (κ2) is 6.97. The lowest BCUT2D eigenvalue weighted by Gasteiger charge is -2.08. The average molecular weight is 381 g/mol. The molecule has 24 heavy (non-hydrogen) atoms. The summed E-state index contributed by atoms with van der Waals surface area (Å²) in [7, 11) is 0. The normalized spacial score (nSPS) is 11.9. The number of aromatic nitrogens is 1. The Bertz CT molecular complexity index is 956. The van der Waals surface area contributed by atoms with E-state index in [4.69, 9.17) is 27.6 Å². The molecule has 0 aliphatic carbocycles. The van der Waals surface area contributed by atoms with Crippen molar-refractivity contribution in [1.82, 2.24) is 4.57 Å². The Hall–Kier alpha value is -1.82. The van der Waals surface area contributed by atoms with Crippen molar-refractivity contribution in [1.29, 1.82) is 0 Å². The number of rotatable bonds is 3. The van der Waals surface area contributed by atoms with E-state index in [0.29, 0.717) is 21.4 Å². The van der Waals surface area contributed by atoms with Crippen LogP contribution in [0, 0.1) is 6.92 Å². The smallest absolute Gasteiger partial charge is 0.315 e. The van der Waals surface area contributed by atoms with Crippen LogP contribution < -0.4 is 4.80 Å². The third-order valence-electron chi connectivity index (χ3n) is 3.52. The molecule has 0 fully saturated rings. The number of thiazole rings is 1. The van der Waals surface area contributed by atoms with Gasteiger partial charge in [-0.2, -0.15) is 4.99 Å². The number of hydrogen-bond donors (Lipinski definition) is 0. The van der Waals surface area contributed by atoms with Crippen molar-refractivity contribution in [2.75, 3.05) is 0 Å². The summed E-state index contributed by atoms with van der Waals surface area (Å²) < 4.78 is 7.10. The lowest BCUT2D eigenvalue weighted by Crippen LogP contribution is -2.17. The fourth-order valence-electron chi connectivity index (χ4n) is 2.45. The summed E-state index contributed by atoms with van der Waals surface area (Å²) in [5.41, 5.74) is 1.92. The predicted molar refractivity (Wildman–Crippen MR) is 96.8 cm³/mol. The van der Waals surface area contributed by atoms with Gasteiger partial charge in [0.05, 0.1) is 22.0 Å². The highest BCUT2D eigenvalue weighted by molar-refractivity contribution is 7.09. The Labute approximate surface area is 153 Å². The average Bonchev–Trinajstić information content (AvgIpc) is 3.18. The Kier molecular flexibility index (Phi) is 4.94. The molecule has 0 saturated heterocycles. The van der Waals surface area contributed by atoms with Crippen molar-refractivity contribution >= 4 is 40.4 Å². The molecular weight excluding hydrogens is 367 g/mol. The number of nitrogens with zero attached hydrogens (tertiary/aromatic N) is 2. The van der Waals surface area contributed by atoms with E-state index in [2.05, 4.69) is 4.99 Å². The lowest BCUT2D eigenvalue weighted by molar-refractivity contribution is 0.0971. The van der Waals surface area contributed by atoms with Crippen LogP contribution in [0.5, 0.6) is 0 Å². The number of halogens is 2. The molecule has 0 aliphatic rings. The van der Waals surface area contributed by atoms with Crippen LogP contribution in [0.3, 0.4) is 0 Å². The number of amides is 1. The molecule has 1 aromatic carbocycles. The highest BCUT2D eigenvalue weighted by atomic mass is 35.5. The van der Waals surface area contributed by atoms with Crippen molar-refractivity contribution in [3.05, 3.63) is 62.1 Å². The quantitative estimate of drug-likeness (QED) is 0.627. The van der Waals surface area contributed by atoms with Gasteiger partial charge in [0.1, 0.15) is 0 Å². The van der Waals surface area contributed by atoms with Crippen molar-refractivity contribution in [2.24, 2.45) is 4.99 Å². The summed E-state index contributed by atoms with van der Waals surface area (Å²) in [4.78, 5) is 18.1. The molecule has 1 amide bonds. The second-order valence-electron chi connectivity index (χ2n) is 5.06. The first-order valence-corrected chi connectivity index (χ1v) is 8.86. The van der Waals surface area contributed by atoms with Crippen LogP contribution in [-0.4, -0.2) is 10.5 Å². The maximum absolute atomic E-state index is 12.2. The third-order valence-corrected chi connectivity index (χ3v) is 5.25. The minimum Gasteiger partial charge on any atom is -0.459 e. The Balaban J connectivity index is 2.14. The van der Waals surface area contributed by atoms with Gasteiger partial charge in [-0.1, -0.05) is 29.3 Å². The number of carbonyl (C=O) groups is 1. The highest BCUT2D eigenvalue weighted by Gasteiger charge is 2.15. The second-order valence-corrected chi connectivity index (χ2v) is 7.05. The topological polar surface area (TPSA) is 47.5 Å². The highest BCUT2D eigenvalue weighted by Crippen LogP contribution is 2.31. The standard InChI is InChI=1S/C17H14Cl2N2O2S/c1-3-21-15(11-6-7-12(18)13(19)9-11)10(2)24-17(21)20-16(22)14-5-4-8-23-14/h4-9H,3H2,1-2H3. The summed E-state index contributed by atoms with van der Waals surface area (Å²) in [5, 5.41) is 1.00. The molecule has 0 radical (unpaired) electrons. The summed E-state index contributed by atoms with van der Waals surface area (Å²) in [6, 6.07) is 8.76. The minimum absolute atomic E-state index is 0.222. The van der Waals surface area contributed by atoms with E-state index in [1.807, 2.05) is 30.5 Å². The molecule has 0 bridgehead atoms. The van der Waals surface area contributed by atoms with E-state index in [-0.39, 0.29) is 5.76 Å². The zero-order valence-corrected chi connectivity index (χ0v) is 15.4. The zero-order valence-electron chi connectivity index (χ0n) is 13.0. The van der Waals surface area contributed by atoms with E-state index in [1.54, 1.807) is 18.2 Å². The molecule has 2 aromatic heterocycles. The number of furan rings is 1. The van der Waals surface area contributed by atoms with Crippen LogP contribution in [-0.2, 0) is 6.54 Å². The van der Waals surface area contributed by atoms with Crippen molar-refractivity contribution in [3.8, 4) is 11.3 Å². The maximum atomic E-state index is 12.2. The first kappa shape index (κ1) is 17.0. The van der Waals surface area contributed by atoms with Gasteiger partial charge in [-0.25, -0.2) is 0 Å². The number of benzene rings is 1. The molecule has 7 heteroatoms. The van der Waals surface area contributed by atoms with Gasteiger partial charge < -0.3 is 8.98 Å². The summed E-state index contributed by atoms with van der Waals surface area (Å²) in [5.74, 6) is -0.177. The van der Waals surface area contributed by atoms with Crippen molar-refractivity contribution in [3.63, 3.8) is 0 Å². The Morgan fingerprint density at radius 2 is 2.08 bits per heavy atom. The lowest BCUT2D eigenvalue weighted by atomic mass is 10.1. The fraction of sp³-hybridized carbons (Fsp3) is 0.176. The van der Waals surface area contributed by atoms with Crippen LogP contribution in [0.25, 0.3) is 11.3 Å². The summed E-state index contributed by atoms with van der Waals surface area (Å²) in [6.07, 6.45) is 1.46. The number of carbonyl (C=O) groups excluding carboxylic acids is 1. The van der Waals surface area contributed by atoms with Crippen LogP contribution in [0.4, 0.5) is 0 Å². The molecule has 3 aromatic rings. The third kappa shape index (κ3) is 3.20. The van der Waals surface area contributed by atoms with Gasteiger partial charge in [-0.05, 0) is 38.1 Å². The van der Waals surface area contributed by atoms with Crippen molar-refractivity contribution in [2.45, 2.75) is 20.4 Å². The molecule has 2 heterocycles. The van der Waals surface area contributed by atoms with Gasteiger partial charge in [0, 0.05) is 17.0 Å². The SMILES string of the molecule is CCn1c(-c2ccc(Cl)c(Cl)c2)c(C)sc1=NC(=O)c1ccco1. The molecule has 124 valence electrons.